The standard InChI is InChI=1S/C17H26ClN3O3/c1-6-13(7-2)10-21(11-16(23)24-5)15(22)9-8-14-12(3)19-20(4)17(14)18/h8-9,13H,6-7,10-11H2,1-5H3/b9-8+. The Morgan fingerprint density at radius 3 is 2.46 bits per heavy atom. The van der Waals surface area contributed by atoms with Crippen LogP contribution >= 0.6 is 11.6 Å². The monoisotopic (exact) mass is 355 g/mol. The maximum absolute atomic E-state index is 12.5. The van der Waals surface area contributed by atoms with Crippen LogP contribution in [0.4, 0.5) is 0 Å². The topological polar surface area (TPSA) is 64.4 Å². The van der Waals surface area contributed by atoms with Gasteiger partial charge in [-0.1, -0.05) is 38.3 Å². The van der Waals surface area contributed by atoms with Crippen molar-refractivity contribution in [2.24, 2.45) is 13.0 Å². The molecule has 0 aliphatic rings. The van der Waals surface area contributed by atoms with Crippen LogP contribution in [-0.2, 0) is 21.4 Å². The van der Waals surface area contributed by atoms with Gasteiger partial charge >= 0.3 is 5.97 Å². The van der Waals surface area contributed by atoms with Crippen molar-refractivity contribution in [3.8, 4) is 0 Å². The van der Waals surface area contributed by atoms with Crippen molar-refractivity contribution in [2.45, 2.75) is 33.6 Å². The van der Waals surface area contributed by atoms with Crippen LogP contribution < -0.4 is 0 Å². The molecule has 0 saturated carbocycles. The first kappa shape index (κ1) is 20.2. The Balaban J connectivity index is 2.93. The van der Waals surface area contributed by atoms with E-state index in [1.165, 1.54) is 18.1 Å². The van der Waals surface area contributed by atoms with Gasteiger partial charge in [-0.05, 0) is 18.9 Å². The fraction of sp³-hybridized carbons (Fsp3) is 0.588. The minimum absolute atomic E-state index is 0.0596. The second kappa shape index (κ2) is 9.47. The molecule has 0 fully saturated rings. The normalized spacial score (nSPS) is 11.3. The smallest absolute Gasteiger partial charge is 0.325 e. The van der Waals surface area contributed by atoms with E-state index in [2.05, 4.69) is 18.9 Å². The van der Waals surface area contributed by atoms with E-state index in [0.717, 1.165) is 18.5 Å². The van der Waals surface area contributed by atoms with Gasteiger partial charge in [0.1, 0.15) is 11.7 Å². The predicted molar refractivity (Wildman–Crippen MR) is 94.7 cm³/mol. The Morgan fingerprint density at radius 1 is 1.38 bits per heavy atom. The summed E-state index contributed by atoms with van der Waals surface area (Å²) in [4.78, 5) is 25.6. The lowest BCUT2D eigenvalue weighted by molar-refractivity contribution is -0.145. The van der Waals surface area contributed by atoms with Gasteiger partial charge < -0.3 is 9.64 Å². The fourth-order valence-electron chi connectivity index (χ4n) is 2.41. The molecule has 0 spiro atoms. The van der Waals surface area contributed by atoms with Gasteiger partial charge in [0.25, 0.3) is 0 Å². The molecule has 0 radical (unpaired) electrons. The summed E-state index contributed by atoms with van der Waals surface area (Å²) in [5.41, 5.74) is 1.44. The minimum Gasteiger partial charge on any atom is -0.468 e. The molecule has 0 unspecified atom stereocenters. The molecule has 7 heteroatoms. The Morgan fingerprint density at radius 2 is 2.00 bits per heavy atom. The number of aryl methyl sites for hydroxylation is 2. The zero-order chi connectivity index (χ0) is 18.3. The highest BCUT2D eigenvalue weighted by molar-refractivity contribution is 6.31. The van der Waals surface area contributed by atoms with E-state index in [9.17, 15) is 9.59 Å². The lowest BCUT2D eigenvalue weighted by Gasteiger charge is -2.24. The van der Waals surface area contributed by atoms with Crippen LogP contribution in [0.2, 0.25) is 5.15 Å². The van der Waals surface area contributed by atoms with Crippen LogP contribution in [0.1, 0.15) is 37.9 Å². The Labute approximate surface area is 148 Å². The van der Waals surface area contributed by atoms with Gasteiger partial charge in [-0.25, -0.2) is 0 Å². The van der Waals surface area contributed by atoms with Gasteiger partial charge in [0.2, 0.25) is 5.91 Å². The number of esters is 1. The third kappa shape index (κ3) is 5.37. The fourth-order valence-corrected chi connectivity index (χ4v) is 2.64. The highest BCUT2D eigenvalue weighted by atomic mass is 35.5. The minimum atomic E-state index is -0.432. The summed E-state index contributed by atoms with van der Waals surface area (Å²) < 4.78 is 6.25. The van der Waals surface area contributed by atoms with Crippen molar-refractivity contribution in [3.05, 3.63) is 22.5 Å². The molecule has 0 saturated heterocycles. The molecule has 134 valence electrons. The zero-order valence-electron chi connectivity index (χ0n) is 15.0. The number of amides is 1. The number of carbonyl (C=O) groups is 2. The second-order valence-corrected chi connectivity index (χ2v) is 6.08. The molecular weight excluding hydrogens is 330 g/mol. The Hall–Kier alpha value is -1.82. The molecule has 1 amide bonds. The van der Waals surface area contributed by atoms with Crippen LogP contribution in [0.3, 0.4) is 0 Å². The number of rotatable bonds is 8. The van der Waals surface area contributed by atoms with E-state index in [4.69, 9.17) is 16.3 Å². The third-order valence-electron chi connectivity index (χ3n) is 4.08. The highest BCUT2D eigenvalue weighted by Crippen LogP contribution is 2.20. The van der Waals surface area contributed by atoms with E-state index in [1.54, 1.807) is 17.8 Å². The quantitative estimate of drug-likeness (QED) is 0.531. The number of nitrogens with zero attached hydrogens (tertiary/aromatic N) is 3. The number of hydrogen-bond acceptors (Lipinski definition) is 4. The van der Waals surface area contributed by atoms with Gasteiger partial charge in [-0.3, -0.25) is 14.3 Å². The van der Waals surface area contributed by atoms with E-state index < -0.39 is 5.97 Å². The average molecular weight is 356 g/mol. The number of ether oxygens (including phenoxy) is 1. The first-order chi connectivity index (χ1) is 11.3. The molecule has 1 aromatic rings. The molecule has 0 aromatic carbocycles. The predicted octanol–water partition coefficient (Wildman–Crippen LogP) is 2.83. The molecule has 6 nitrogen and oxygen atoms in total. The molecule has 1 rings (SSSR count). The molecule has 1 heterocycles. The Bertz CT molecular complexity index is 606. The molecule has 0 atom stereocenters. The summed E-state index contributed by atoms with van der Waals surface area (Å²) in [5.74, 6) is -0.333. The van der Waals surface area contributed by atoms with E-state index in [0.29, 0.717) is 23.2 Å². The van der Waals surface area contributed by atoms with Crippen LogP contribution in [0, 0.1) is 12.8 Å². The maximum atomic E-state index is 12.5. The van der Waals surface area contributed by atoms with Crippen LogP contribution in [0.5, 0.6) is 0 Å². The van der Waals surface area contributed by atoms with Gasteiger partial charge in [0, 0.05) is 25.2 Å². The van der Waals surface area contributed by atoms with Crippen molar-refractivity contribution in [2.75, 3.05) is 20.2 Å². The lowest BCUT2D eigenvalue weighted by atomic mass is 10.0. The number of methoxy groups -OCH3 is 1. The summed E-state index contributed by atoms with van der Waals surface area (Å²) in [6.45, 7) is 6.43. The molecule has 1 aromatic heterocycles. The summed E-state index contributed by atoms with van der Waals surface area (Å²) in [7, 11) is 3.06. The highest BCUT2D eigenvalue weighted by Gasteiger charge is 2.19. The first-order valence-corrected chi connectivity index (χ1v) is 8.44. The van der Waals surface area contributed by atoms with E-state index >= 15 is 0 Å². The third-order valence-corrected chi connectivity index (χ3v) is 4.53. The molecule has 0 bridgehead atoms. The Kier molecular flexibility index (Phi) is 7.98. The van der Waals surface area contributed by atoms with Crippen molar-refractivity contribution in [1.29, 1.82) is 0 Å². The van der Waals surface area contributed by atoms with Crippen molar-refractivity contribution in [3.63, 3.8) is 0 Å². The van der Waals surface area contributed by atoms with Gasteiger partial charge in [-0.15, -0.1) is 0 Å². The molecule has 24 heavy (non-hydrogen) atoms. The molecule has 0 aliphatic carbocycles. The summed E-state index contributed by atoms with van der Waals surface area (Å²) in [6, 6.07) is 0. The van der Waals surface area contributed by atoms with Crippen LogP contribution in [-0.4, -0.2) is 46.8 Å². The van der Waals surface area contributed by atoms with Gasteiger partial charge in [0.15, 0.2) is 0 Å². The number of aromatic nitrogens is 2. The van der Waals surface area contributed by atoms with Crippen molar-refractivity contribution >= 4 is 29.6 Å². The van der Waals surface area contributed by atoms with Gasteiger partial charge in [0.05, 0.1) is 12.8 Å². The number of hydrogen-bond donors (Lipinski definition) is 0. The first-order valence-electron chi connectivity index (χ1n) is 8.06. The second-order valence-electron chi connectivity index (χ2n) is 5.72. The molecule has 0 N–H and O–H groups in total. The molecular formula is C17H26ClN3O3. The van der Waals surface area contributed by atoms with E-state index in [1.807, 2.05) is 6.92 Å². The maximum Gasteiger partial charge on any atom is 0.325 e. The average Bonchev–Trinajstić information content (AvgIpc) is 2.81. The van der Waals surface area contributed by atoms with Crippen molar-refractivity contribution < 1.29 is 14.3 Å². The summed E-state index contributed by atoms with van der Waals surface area (Å²) in [5, 5.41) is 4.67. The molecule has 0 aliphatic heterocycles. The SMILES string of the molecule is CCC(CC)CN(CC(=O)OC)C(=O)/C=C/c1c(C)nn(C)c1Cl. The van der Waals surface area contributed by atoms with Gasteiger partial charge in [-0.2, -0.15) is 5.10 Å². The van der Waals surface area contributed by atoms with Crippen molar-refractivity contribution in [1.82, 2.24) is 14.7 Å². The lowest BCUT2D eigenvalue weighted by Crippen LogP contribution is -2.38. The largest absolute Gasteiger partial charge is 0.468 e. The van der Waals surface area contributed by atoms with E-state index in [-0.39, 0.29) is 12.5 Å². The summed E-state index contributed by atoms with van der Waals surface area (Å²) >= 11 is 6.16. The summed E-state index contributed by atoms with van der Waals surface area (Å²) in [6.07, 6.45) is 4.96. The van der Waals surface area contributed by atoms with Crippen LogP contribution in [0.15, 0.2) is 6.08 Å². The zero-order valence-corrected chi connectivity index (χ0v) is 15.8. The number of carbonyl (C=O) groups excluding carboxylic acids is 2. The number of halogens is 1. The van der Waals surface area contributed by atoms with Crippen LogP contribution in [0.25, 0.3) is 6.08 Å².